The molecule has 5 nitrogen and oxygen atoms in total. The van der Waals surface area contributed by atoms with Gasteiger partial charge in [0.15, 0.2) is 11.6 Å². The van der Waals surface area contributed by atoms with Gasteiger partial charge in [-0.3, -0.25) is 9.52 Å². The summed E-state index contributed by atoms with van der Waals surface area (Å²) < 4.78 is 53.3. The number of halogens is 3. The Morgan fingerprint density at radius 3 is 2.20 bits per heavy atom. The summed E-state index contributed by atoms with van der Waals surface area (Å²) in [6.45, 7) is 0.376. The number of amides is 1. The third-order valence-electron chi connectivity index (χ3n) is 4.27. The second-order valence-corrected chi connectivity index (χ2v) is 8.67. The van der Waals surface area contributed by atoms with Gasteiger partial charge in [-0.15, -0.1) is 0 Å². The van der Waals surface area contributed by atoms with Gasteiger partial charge < -0.3 is 4.90 Å². The molecule has 30 heavy (non-hydrogen) atoms. The first-order chi connectivity index (χ1) is 14.2. The number of nitrogens with zero attached hydrogens (tertiary/aromatic N) is 1. The Bertz CT molecular complexity index is 1170. The predicted molar refractivity (Wildman–Crippen MR) is 111 cm³/mol. The zero-order valence-corrected chi connectivity index (χ0v) is 17.3. The first-order valence-electron chi connectivity index (χ1n) is 8.73. The van der Waals surface area contributed by atoms with Gasteiger partial charge in [0, 0.05) is 29.9 Å². The number of sulfonamides is 1. The van der Waals surface area contributed by atoms with Crippen LogP contribution in [0.1, 0.15) is 15.9 Å². The fraction of sp³-hybridized carbons (Fsp3) is 0.0952. The van der Waals surface area contributed by atoms with Gasteiger partial charge in [-0.05, 0) is 60.2 Å². The van der Waals surface area contributed by atoms with E-state index in [1.807, 2.05) is 12.1 Å². The molecule has 1 N–H and O–H groups in total. The number of rotatable bonds is 6. The lowest BCUT2D eigenvalue weighted by Crippen LogP contribution is -2.26. The van der Waals surface area contributed by atoms with Gasteiger partial charge in [-0.2, -0.15) is 0 Å². The molecule has 0 aliphatic rings. The molecular weight excluding hydrogens is 434 g/mol. The van der Waals surface area contributed by atoms with E-state index in [0.29, 0.717) is 23.2 Å². The minimum Gasteiger partial charge on any atom is -0.337 e. The Morgan fingerprint density at radius 1 is 0.967 bits per heavy atom. The maximum absolute atomic E-state index is 13.3. The van der Waals surface area contributed by atoms with Crippen molar-refractivity contribution in [2.45, 2.75) is 11.4 Å². The first-order valence-corrected chi connectivity index (χ1v) is 10.6. The summed E-state index contributed by atoms with van der Waals surface area (Å²) in [5, 5.41) is 0.606. The largest absolute Gasteiger partial charge is 0.337 e. The average Bonchev–Trinajstić information content (AvgIpc) is 2.71. The van der Waals surface area contributed by atoms with E-state index in [-0.39, 0.29) is 11.6 Å². The molecule has 0 bridgehead atoms. The number of benzene rings is 3. The van der Waals surface area contributed by atoms with Gasteiger partial charge in [0.1, 0.15) is 0 Å². The number of hydrogen-bond acceptors (Lipinski definition) is 3. The molecule has 0 heterocycles. The first kappa shape index (κ1) is 21.7. The molecule has 156 valence electrons. The summed E-state index contributed by atoms with van der Waals surface area (Å²) in [5.74, 6) is -2.65. The maximum Gasteiger partial charge on any atom is 0.261 e. The Hall–Kier alpha value is -2.97. The summed E-state index contributed by atoms with van der Waals surface area (Å²) in [5.41, 5.74) is 1.45. The molecule has 0 saturated carbocycles. The van der Waals surface area contributed by atoms with E-state index >= 15 is 0 Å². The second-order valence-electron chi connectivity index (χ2n) is 6.55. The Morgan fingerprint density at radius 2 is 1.60 bits per heavy atom. The minimum absolute atomic E-state index is 0.177. The second kappa shape index (κ2) is 8.81. The average molecular weight is 451 g/mol. The van der Waals surface area contributed by atoms with Crippen molar-refractivity contribution in [2.24, 2.45) is 0 Å². The van der Waals surface area contributed by atoms with Crippen LogP contribution in [-0.4, -0.2) is 26.3 Å². The number of carbonyl (C=O) groups is 1. The Balaban J connectivity index is 1.69. The third-order valence-corrected chi connectivity index (χ3v) is 5.90. The van der Waals surface area contributed by atoms with Crippen molar-refractivity contribution in [1.29, 1.82) is 0 Å². The van der Waals surface area contributed by atoms with Crippen molar-refractivity contribution in [3.05, 3.63) is 94.5 Å². The van der Waals surface area contributed by atoms with Gasteiger partial charge in [-0.25, -0.2) is 17.2 Å². The third kappa shape index (κ3) is 5.14. The molecule has 0 spiro atoms. The topological polar surface area (TPSA) is 66.5 Å². The smallest absolute Gasteiger partial charge is 0.261 e. The van der Waals surface area contributed by atoms with E-state index in [4.69, 9.17) is 11.6 Å². The quantitative estimate of drug-likeness (QED) is 0.592. The molecule has 0 saturated heterocycles. The lowest BCUT2D eigenvalue weighted by Gasteiger charge is -2.18. The normalized spacial score (nSPS) is 11.2. The van der Waals surface area contributed by atoms with Crippen LogP contribution in [0.5, 0.6) is 0 Å². The van der Waals surface area contributed by atoms with Crippen molar-refractivity contribution >= 4 is 33.2 Å². The molecule has 0 radical (unpaired) electrons. The molecule has 9 heteroatoms. The molecule has 0 unspecified atom stereocenters. The molecule has 0 aliphatic carbocycles. The molecule has 3 aromatic carbocycles. The molecule has 3 rings (SSSR count). The molecule has 1 amide bonds. The van der Waals surface area contributed by atoms with E-state index in [1.165, 1.54) is 29.2 Å². The summed E-state index contributed by atoms with van der Waals surface area (Å²) in [6, 6.07) is 15.2. The Labute approximate surface area is 178 Å². The Kier molecular flexibility index (Phi) is 6.38. The zero-order chi connectivity index (χ0) is 21.9. The van der Waals surface area contributed by atoms with E-state index < -0.39 is 26.6 Å². The molecular formula is C21H17ClF2N2O3S. The van der Waals surface area contributed by atoms with Crippen molar-refractivity contribution in [3.63, 3.8) is 0 Å². The van der Waals surface area contributed by atoms with E-state index in [2.05, 4.69) is 4.72 Å². The SMILES string of the molecule is CN(Cc1ccc(Cl)cc1)C(=O)c1ccc(NS(=O)(=O)c2ccc(F)c(F)c2)cc1. The van der Waals surface area contributed by atoms with Crippen LogP contribution in [0.25, 0.3) is 0 Å². The number of hydrogen-bond donors (Lipinski definition) is 1. The highest BCUT2D eigenvalue weighted by Gasteiger charge is 2.17. The van der Waals surface area contributed by atoms with Crippen LogP contribution in [0.2, 0.25) is 5.02 Å². The summed E-state index contributed by atoms with van der Waals surface area (Å²) in [4.78, 5) is 13.7. The van der Waals surface area contributed by atoms with Crippen LogP contribution >= 0.6 is 11.6 Å². The van der Waals surface area contributed by atoms with Crippen LogP contribution in [0, 0.1) is 11.6 Å². The lowest BCUT2D eigenvalue weighted by atomic mass is 10.1. The van der Waals surface area contributed by atoms with Crippen LogP contribution in [0.4, 0.5) is 14.5 Å². The maximum atomic E-state index is 13.3. The van der Waals surface area contributed by atoms with Crippen LogP contribution in [-0.2, 0) is 16.6 Å². The highest BCUT2D eigenvalue weighted by molar-refractivity contribution is 7.92. The summed E-state index contributed by atoms with van der Waals surface area (Å²) in [6.07, 6.45) is 0. The molecule has 0 aliphatic heterocycles. The fourth-order valence-corrected chi connectivity index (χ4v) is 3.89. The number of anilines is 1. The highest BCUT2D eigenvalue weighted by atomic mass is 35.5. The van der Waals surface area contributed by atoms with Gasteiger partial charge in [0.2, 0.25) is 0 Å². The fourth-order valence-electron chi connectivity index (χ4n) is 2.69. The van der Waals surface area contributed by atoms with E-state index in [9.17, 15) is 22.0 Å². The number of nitrogens with one attached hydrogen (secondary N) is 1. The molecule has 0 fully saturated rings. The standard InChI is InChI=1S/C21H17ClF2N2O3S/c1-26(13-14-2-6-16(22)7-3-14)21(27)15-4-8-17(9-5-15)25-30(28,29)18-10-11-19(23)20(24)12-18/h2-12,25H,13H2,1H3. The van der Waals surface area contributed by atoms with Gasteiger partial charge in [0.25, 0.3) is 15.9 Å². The predicted octanol–water partition coefficient (Wildman–Crippen LogP) is 4.69. The minimum atomic E-state index is -4.11. The van der Waals surface area contributed by atoms with Crippen molar-refractivity contribution in [1.82, 2.24) is 4.90 Å². The highest BCUT2D eigenvalue weighted by Crippen LogP contribution is 2.19. The summed E-state index contributed by atoms with van der Waals surface area (Å²) >= 11 is 5.86. The zero-order valence-electron chi connectivity index (χ0n) is 15.8. The van der Waals surface area contributed by atoms with Crippen molar-refractivity contribution in [2.75, 3.05) is 11.8 Å². The lowest BCUT2D eigenvalue weighted by molar-refractivity contribution is 0.0785. The van der Waals surface area contributed by atoms with E-state index in [0.717, 1.165) is 17.7 Å². The molecule has 3 aromatic rings. The van der Waals surface area contributed by atoms with Crippen LogP contribution in [0.3, 0.4) is 0 Å². The van der Waals surface area contributed by atoms with Crippen molar-refractivity contribution < 1.29 is 22.0 Å². The van der Waals surface area contributed by atoms with Crippen LogP contribution < -0.4 is 4.72 Å². The van der Waals surface area contributed by atoms with Gasteiger partial charge in [0.05, 0.1) is 4.90 Å². The van der Waals surface area contributed by atoms with E-state index in [1.54, 1.807) is 19.2 Å². The molecule has 0 aromatic heterocycles. The van der Waals surface area contributed by atoms with Crippen LogP contribution in [0.15, 0.2) is 71.6 Å². The monoisotopic (exact) mass is 450 g/mol. The molecule has 0 atom stereocenters. The summed E-state index contributed by atoms with van der Waals surface area (Å²) in [7, 11) is -2.46. The van der Waals surface area contributed by atoms with Crippen molar-refractivity contribution in [3.8, 4) is 0 Å². The number of carbonyl (C=O) groups excluding carboxylic acids is 1. The van der Waals surface area contributed by atoms with Gasteiger partial charge in [-0.1, -0.05) is 23.7 Å². The van der Waals surface area contributed by atoms with Gasteiger partial charge >= 0.3 is 0 Å².